The number of hydrogen-bond acceptors (Lipinski definition) is 3. The number of carbonyl (C=O) groups is 1. The molecule has 0 spiro atoms. The van der Waals surface area contributed by atoms with Gasteiger partial charge >= 0.3 is 6.03 Å². The van der Waals surface area contributed by atoms with E-state index in [1.165, 1.54) is 38.6 Å². The van der Waals surface area contributed by atoms with Crippen LogP contribution in [0.15, 0.2) is 29.3 Å². The lowest BCUT2D eigenvalue weighted by molar-refractivity contribution is 0.157. The zero-order valence-electron chi connectivity index (χ0n) is 16.3. The molecular weight excluding hydrogens is 340 g/mol. The molecule has 1 unspecified atom stereocenters. The SMILES string of the molecule is COc1ccc(NC(=O)/N=C(\N)C2CCCN(CC3CCCCC3)C2)cc1. The van der Waals surface area contributed by atoms with Crippen LogP contribution in [0, 0.1) is 11.8 Å². The van der Waals surface area contributed by atoms with E-state index in [0.29, 0.717) is 11.5 Å². The van der Waals surface area contributed by atoms with Crippen LogP contribution >= 0.6 is 0 Å². The highest BCUT2D eigenvalue weighted by atomic mass is 16.5. The maximum Gasteiger partial charge on any atom is 0.347 e. The maximum atomic E-state index is 12.2. The number of likely N-dealkylation sites (tertiary alicyclic amines) is 1. The first-order chi connectivity index (χ1) is 13.1. The number of piperidine rings is 1. The Balaban J connectivity index is 1.51. The van der Waals surface area contributed by atoms with Gasteiger partial charge in [0.2, 0.25) is 0 Å². The van der Waals surface area contributed by atoms with Crippen molar-refractivity contribution in [3.05, 3.63) is 24.3 Å². The lowest BCUT2D eigenvalue weighted by atomic mass is 9.88. The van der Waals surface area contributed by atoms with Gasteiger partial charge in [0.05, 0.1) is 7.11 Å². The highest BCUT2D eigenvalue weighted by Crippen LogP contribution is 2.26. The Morgan fingerprint density at radius 2 is 1.93 bits per heavy atom. The number of carbonyl (C=O) groups excluding carboxylic acids is 1. The third-order valence-corrected chi connectivity index (χ3v) is 5.74. The van der Waals surface area contributed by atoms with Gasteiger partial charge in [0.1, 0.15) is 11.6 Å². The van der Waals surface area contributed by atoms with Crippen molar-refractivity contribution in [2.45, 2.75) is 44.9 Å². The number of nitrogens with zero attached hydrogens (tertiary/aromatic N) is 2. The third-order valence-electron chi connectivity index (χ3n) is 5.74. The number of amidine groups is 1. The summed E-state index contributed by atoms with van der Waals surface area (Å²) in [6.45, 7) is 3.22. The van der Waals surface area contributed by atoms with Crippen molar-refractivity contribution in [3.63, 3.8) is 0 Å². The van der Waals surface area contributed by atoms with Gasteiger partial charge in [-0.1, -0.05) is 19.3 Å². The summed E-state index contributed by atoms with van der Waals surface area (Å²) in [5.74, 6) is 2.20. The van der Waals surface area contributed by atoms with Crippen molar-refractivity contribution in [2.24, 2.45) is 22.6 Å². The molecule has 1 saturated heterocycles. The molecule has 148 valence electrons. The van der Waals surface area contributed by atoms with Crippen LogP contribution in [0.5, 0.6) is 5.75 Å². The van der Waals surface area contributed by atoms with Crippen molar-refractivity contribution in [3.8, 4) is 5.75 Å². The van der Waals surface area contributed by atoms with Gasteiger partial charge in [0.15, 0.2) is 0 Å². The Morgan fingerprint density at radius 3 is 2.63 bits per heavy atom. The van der Waals surface area contributed by atoms with E-state index in [4.69, 9.17) is 10.5 Å². The summed E-state index contributed by atoms with van der Waals surface area (Å²) in [7, 11) is 1.61. The van der Waals surface area contributed by atoms with E-state index in [1.54, 1.807) is 31.4 Å². The monoisotopic (exact) mass is 372 g/mol. The fraction of sp³-hybridized carbons (Fsp3) is 0.619. The highest BCUT2D eigenvalue weighted by Gasteiger charge is 2.25. The van der Waals surface area contributed by atoms with Crippen molar-refractivity contribution in [2.75, 3.05) is 32.1 Å². The average molecular weight is 373 g/mol. The van der Waals surface area contributed by atoms with Crippen LogP contribution in [0.2, 0.25) is 0 Å². The van der Waals surface area contributed by atoms with Crippen molar-refractivity contribution in [1.29, 1.82) is 0 Å². The number of nitrogens with one attached hydrogen (secondary N) is 1. The van der Waals surface area contributed by atoms with E-state index in [-0.39, 0.29) is 5.92 Å². The molecule has 1 saturated carbocycles. The second-order valence-electron chi connectivity index (χ2n) is 7.80. The van der Waals surface area contributed by atoms with Crippen LogP contribution in [0.3, 0.4) is 0 Å². The first-order valence-corrected chi connectivity index (χ1v) is 10.2. The highest BCUT2D eigenvalue weighted by molar-refractivity contribution is 6.00. The number of rotatable bonds is 5. The summed E-state index contributed by atoms with van der Waals surface area (Å²) >= 11 is 0. The molecule has 0 radical (unpaired) electrons. The van der Waals surface area contributed by atoms with E-state index < -0.39 is 6.03 Å². The molecule has 1 atom stereocenters. The Hall–Kier alpha value is -2.08. The number of nitrogens with two attached hydrogens (primary N) is 1. The molecule has 0 aromatic heterocycles. The quantitative estimate of drug-likeness (QED) is 0.607. The molecule has 27 heavy (non-hydrogen) atoms. The van der Waals surface area contributed by atoms with Gasteiger partial charge in [-0.3, -0.25) is 0 Å². The predicted molar refractivity (Wildman–Crippen MR) is 109 cm³/mol. The topological polar surface area (TPSA) is 79.9 Å². The summed E-state index contributed by atoms with van der Waals surface area (Å²) in [4.78, 5) is 18.8. The van der Waals surface area contributed by atoms with Gasteiger partial charge in [0, 0.05) is 24.7 Å². The lowest BCUT2D eigenvalue weighted by Crippen LogP contribution is -2.43. The minimum atomic E-state index is -0.415. The van der Waals surface area contributed by atoms with Crippen LogP contribution < -0.4 is 15.8 Å². The summed E-state index contributed by atoms with van der Waals surface area (Å²) in [6, 6.07) is 6.76. The number of aliphatic imine (C=N–C) groups is 1. The fourth-order valence-corrected chi connectivity index (χ4v) is 4.23. The van der Waals surface area contributed by atoms with E-state index in [2.05, 4.69) is 15.2 Å². The molecule has 1 aliphatic heterocycles. The molecule has 1 aromatic carbocycles. The van der Waals surface area contributed by atoms with Gasteiger partial charge in [0.25, 0.3) is 0 Å². The number of ether oxygens (including phenoxy) is 1. The Morgan fingerprint density at radius 1 is 1.19 bits per heavy atom. The molecule has 2 amide bonds. The lowest BCUT2D eigenvalue weighted by Gasteiger charge is -2.35. The van der Waals surface area contributed by atoms with Crippen LogP contribution in [-0.2, 0) is 0 Å². The van der Waals surface area contributed by atoms with Crippen molar-refractivity contribution < 1.29 is 9.53 Å². The second kappa shape index (κ2) is 9.74. The van der Waals surface area contributed by atoms with Crippen LogP contribution in [0.4, 0.5) is 10.5 Å². The smallest absolute Gasteiger partial charge is 0.347 e. The standard InChI is InChI=1S/C21H32N4O2/c1-27-19-11-9-18(10-12-19)23-21(26)24-20(22)17-8-5-13-25(15-17)14-16-6-3-2-4-7-16/h9-12,16-17H,2-8,13-15H2,1H3,(H3,22,23,24,26). The normalized spacial score (nSPS) is 22.4. The van der Waals surface area contributed by atoms with Crippen molar-refractivity contribution >= 4 is 17.6 Å². The first kappa shape index (κ1) is 19.7. The Kier molecular flexibility index (Phi) is 7.10. The van der Waals surface area contributed by atoms with E-state index in [9.17, 15) is 4.79 Å². The van der Waals surface area contributed by atoms with Gasteiger partial charge in [-0.2, -0.15) is 4.99 Å². The van der Waals surface area contributed by atoms with Crippen LogP contribution in [0.25, 0.3) is 0 Å². The molecule has 2 fully saturated rings. The van der Waals surface area contributed by atoms with Gasteiger partial charge in [-0.15, -0.1) is 0 Å². The summed E-state index contributed by atoms with van der Waals surface area (Å²) in [6.07, 6.45) is 8.97. The fourth-order valence-electron chi connectivity index (χ4n) is 4.23. The van der Waals surface area contributed by atoms with E-state index in [0.717, 1.165) is 37.6 Å². The number of anilines is 1. The second-order valence-corrected chi connectivity index (χ2v) is 7.80. The van der Waals surface area contributed by atoms with Crippen LogP contribution in [0.1, 0.15) is 44.9 Å². The zero-order valence-corrected chi connectivity index (χ0v) is 16.3. The zero-order chi connectivity index (χ0) is 19.1. The number of hydrogen-bond donors (Lipinski definition) is 2. The Bertz CT molecular complexity index is 638. The molecule has 1 aromatic rings. The maximum absolute atomic E-state index is 12.2. The van der Waals surface area contributed by atoms with Gasteiger partial charge in [-0.05, 0) is 62.4 Å². The Labute approximate surface area is 162 Å². The molecule has 0 bridgehead atoms. The minimum absolute atomic E-state index is 0.170. The third kappa shape index (κ3) is 5.96. The number of urea groups is 1. The molecular formula is C21H32N4O2. The molecule has 1 aliphatic carbocycles. The van der Waals surface area contributed by atoms with Gasteiger partial charge < -0.3 is 20.7 Å². The van der Waals surface area contributed by atoms with Crippen molar-refractivity contribution in [1.82, 2.24) is 4.90 Å². The summed E-state index contributed by atoms with van der Waals surface area (Å²) in [5, 5.41) is 2.76. The minimum Gasteiger partial charge on any atom is -0.497 e. The molecule has 2 aliphatic rings. The summed E-state index contributed by atoms with van der Waals surface area (Å²) in [5.41, 5.74) is 6.87. The van der Waals surface area contributed by atoms with Crippen LogP contribution in [-0.4, -0.2) is 43.5 Å². The van der Waals surface area contributed by atoms with E-state index >= 15 is 0 Å². The number of amides is 2. The molecule has 3 N–H and O–H groups in total. The largest absolute Gasteiger partial charge is 0.497 e. The average Bonchev–Trinajstić information content (AvgIpc) is 2.69. The predicted octanol–water partition coefficient (Wildman–Crippen LogP) is 3.88. The first-order valence-electron chi connectivity index (χ1n) is 10.2. The number of benzene rings is 1. The molecule has 6 nitrogen and oxygen atoms in total. The van der Waals surface area contributed by atoms with E-state index in [1.807, 2.05) is 0 Å². The number of methoxy groups -OCH3 is 1. The van der Waals surface area contributed by atoms with Gasteiger partial charge in [-0.25, -0.2) is 4.79 Å². The summed E-state index contributed by atoms with van der Waals surface area (Å²) < 4.78 is 5.12. The molecule has 3 rings (SSSR count). The molecule has 6 heteroatoms. The molecule has 1 heterocycles.